The molecule has 0 unspecified atom stereocenters. The molecule has 1 aromatic carbocycles. The second-order valence-corrected chi connectivity index (χ2v) is 6.15. The van der Waals surface area contributed by atoms with Gasteiger partial charge in [-0.25, -0.2) is 4.79 Å². The van der Waals surface area contributed by atoms with Crippen molar-refractivity contribution >= 4 is 17.7 Å². The molecule has 0 bridgehead atoms. The molecule has 118 valence electrons. The first-order valence-electron chi connectivity index (χ1n) is 6.97. The maximum absolute atomic E-state index is 10.9. The molecule has 2 aromatic rings. The SMILES string of the molecule is CC(C)c1nnc(SCCOc2cccc(C(=O)O)c2)n1C. The smallest absolute Gasteiger partial charge is 0.335 e. The lowest BCUT2D eigenvalue weighted by Gasteiger charge is -2.07. The molecule has 0 spiro atoms. The molecule has 0 radical (unpaired) electrons. The van der Waals surface area contributed by atoms with Crippen LogP contribution in [0.4, 0.5) is 0 Å². The van der Waals surface area contributed by atoms with Gasteiger partial charge < -0.3 is 14.4 Å². The third kappa shape index (κ3) is 4.00. The number of rotatable bonds is 7. The number of nitrogens with zero attached hydrogens (tertiary/aromatic N) is 3. The summed E-state index contributed by atoms with van der Waals surface area (Å²) >= 11 is 1.56. The Kier molecular flexibility index (Phi) is 5.43. The highest BCUT2D eigenvalue weighted by Crippen LogP contribution is 2.20. The molecule has 0 aliphatic carbocycles. The molecule has 6 nitrogen and oxygen atoms in total. The molecule has 0 aliphatic heterocycles. The van der Waals surface area contributed by atoms with Crippen LogP contribution in [0.1, 0.15) is 35.9 Å². The minimum Gasteiger partial charge on any atom is -0.493 e. The monoisotopic (exact) mass is 321 g/mol. The zero-order valence-corrected chi connectivity index (χ0v) is 13.6. The molecule has 7 heteroatoms. The molecule has 1 N–H and O–H groups in total. The molecule has 1 aromatic heterocycles. The van der Waals surface area contributed by atoms with Crippen LogP contribution >= 0.6 is 11.8 Å². The summed E-state index contributed by atoms with van der Waals surface area (Å²) < 4.78 is 7.56. The predicted octanol–water partition coefficient (Wildman–Crippen LogP) is 2.81. The molecule has 0 saturated carbocycles. The van der Waals surface area contributed by atoms with Gasteiger partial charge in [-0.1, -0.05) is 31.7 Å². The summed E-state index contributed by atoms with van der Waals surface area (Å²) in [5.41, 5.74) is 0.222. The third-order valence-corrected chi connectivity index (χ3v) is 4.03. The Balaban J connectivity index is 1.85. The van der Waals surface area contributed by atoms with Crippen LogP contribution in [0.15, 0.2) is 29.4 Å². The van der Waals surface area contributed by atoms with Crippen LogP contribution in [0.3, 0.4) is 0 Å². The summed E-state index contributed by atoms with van der Waals surface area (Å²) in [6.45, 7) is 4.63. The van der Waals surface area contributed by atoms with E-state index in [1.54, 1.807) is 23.9 Å². The van der Waals surface area contributed by atoms with Gasteiger partial charge in [-0.2, -0.15) is 0 Å². The Morgan fingerprint density at radius 1 is 1.41 bits per heavy atom. The Morgan fingerprint density at radius 3 is 2.82 bits per heavy atom. The van der Waals surface area contributed by atoms with Crippen molar-refractivity contribution < 1.29 is 14.6 Å². The number of thioether (sulfide) groups is 1. The number of aromatic nitrogens is 3. The highest BCUT2D eigenvalue weighted by molar-refractivity contribution is 7.99. The summed E-state index contributed by atoms with van der Waals surface area (Å²) in [5.74, 6) is 1.60. The van der Waals surface area contributed by atoms with Gasteiger partial charge >= 0.3 is 5.97 Å². The first-order chi connectivity index (χ1) is 10.5. The molecule has 22 heavy (non-hydrogen) atoms. The Morgan fingerprint density at radius 2 is 2.18 bits per heavy atom. The van der Waals surface area contributed by atoms with Crippen molar-refractivity contribution in [3.05, 3.63) is 35.7 Å². The van der Waals surface area contributed by atoms with Crippen LogP contribution in [-0.2, 0) is 7.05 Å². The summed E-state index contributed by atoms with van der Waals surface area (Å²) in [7, 11) is 1.95. The molecular formula is C15H19N3O3S. The van der Waals surface area contributed by atoms with Gasteiger partial charge in [0.05, 0.1) is 12.2 Å². The minimum absolute atomic E-state index is 0.222. The molecule has 0 amide bonds. The maximum atomic E-state index is 10.9. The van der Waals surface area contributed by atoms with Crippen molar-refractivity contribution in [1.29, 1.82) is 0 Å². The zero-order valence-electron chi connectivity index (χ0n) is 12.8. The quantitative estimate of drug-likeness (QED) is 0.624. The number of hydrogen-bond donors (Lipinski definition) is 1. The first-order valence-corrected chi connectivity index (χ1v) is 7.96. The molecule has 1 heterocycles. The van der Waals surface area contributed by atoms with E-state index in [1.165, 1.54) is 12.1 Å². The van der Waals surface area contributed by atoms with Gasteiger partial charge in [-0.3, -0.25) is 0 Å². The average Bonchev–Trinajstić information content (AvgIpc) is 2.85. The fraction of sp³-hybridized carbons (Fsp3) is 0.400. The van der Waals surface area contributed by atoms with Gasteiger partial charge in [0, 0.05) is 18.7 Å². The topological polar surface area (TPSA) is 77.2 Å². The van der Waals surface area contributed by atoms with E-state index >= 15 is 0 Å². The van der Waals surface area contributed by atoms with Crippen molar-refractivity contribution in [3.8, 4) is 5.75 Å². The summed E-state index contributed by atoms with van der Waals surface area (Å²) in [6.07, 6.45) is 0. The number of carboxylic acid groups (broad SMARTS) is 1. The zero-order chi connectivity index (χ0) is 16.1. The fourth-order valence-corrected chi connectivity index (χ4v) is 2.70. The van der Waals surface area contributed by atoms with Crippen molar-refractivity contribution in [2.75, 3.05) is 12.4 Å². The fourth-order valence-electron chi connectivity index (χ4n) is 1.97. The van der Waals surface area contributed by atoms with Crippen LogP contribution in [0, 0.1) is 0 Å². The van der Waals surface area contributed by atoms with Crippen LogP contribution in [0.5, 0.6) is 5.75 Å². The summed E-state index contributed by atoms with van der Waals surface area (Å²) in [6, 6.07) is 6.48. The van der Waals surface area contributed by atoms with Crippen molar-refractivity contribution in [2.45, 2.75) is 24.9 Å². The number of carbonyl (C=O) groups is 1. The molecule has 0 aliphatic rings. The normalized spacial score (nSPS) is 10.9. The molecule has 0 atom stereocenters. The van der Waals surface area contributed by atoms with E-state index in [2.05, 4.69) is 24.0 Å². The number of aromatic carboxylic acids is 1. The molecular weight excluding hydrogens is 302 g/mol. The van der Waals surface area contributed by atoms with Crippen molar-refractivity contribution in [3.63, 3.8) is 0 Å². The second kappa shape index (κ2) is 7.31. The molecule has 0 fully saturated rings. The highest BCUT2D eigenvalue weighted by Gasteiger charge is 2.11. The van der Waals surface area contributed by atoms with E-state index in [9.17, 15) is 4.79 Å². The second-order valence-electron chi connectivity index (χ2n) is 5.08. The molecule has 0 saturated heterocycles. The van der Waals surface area contributed by atoms with Gasteiger partial charge in [-0.05, 0) is 18.2 Å². The average molecular weight is 321 g/mol. The van der Waals surface area contributed by atoms with E-state index in [0.717, 1.165) is 11.0 Å². The number of benzene rings is 1. The Bertz CT molecular complexity index is 655. The lowest BCUT2D eigenvalue weighted by Crippen LogP contribution is -2.04. The summed E-state index contributed by atoms with van der Waals surface area (Å²) in [5, 5.41) is 18.1. The van der Waals surface area contributed by atoms with E-state index in [1.807, 2.05) is 11.6 Å². The van der Waals surface area contributed by atoms with Gasteiger partial charge in [0.2, 0.25) is 0 Å². The Hall–Kier alpha value is -2.02. The van der Waals surface area contributed by atoms with Gasteiger partial charge in [0.1, 0.15) is 11.6 Å². The lowest BCUT2D eigenvalue weighted by molar-refractivity contribution is 0.0696. The predicted molar refractivity (Wildman–Crippen MR) is 84.7 cm³/mol. The van der Waals surface area contributed by atoms with Crippen LogP contribution in [-0.4, -0.2) is 38.2 Å². The van der Waals surface area contributed by atoms with Crippen LogP contribution in [0.25, 0.3) is 0 Å². The first kappa shape index (κ1) is 16.4. The van der Waals surface area contributed by atoms with Gasteiger partial charge in [0.25, 0.3) is 0 Å². The Labute approximate surface area is 133 Å². The van der Waals surface area contributed by atoms with Gasteiger partial charge in [0.15, 0.2) is 5.16 Å². The number of carboxylic acids is 1. The highest BCUT2D eigenvalue weighted by atomic mass is 32.2. The van der Waals surface area contributed by atoms with E-state index < -0.39 is 5.97 Å². The van der Waals surface area contributed by atoms with Crippen LogP contribution < -0.4 is 4.74 Å². The van der Waals surface area contributed by atoms with E-state index in [-0.39, 0.29) is 5.56 Å². The number of hydrogen-bond acceptors (Lipinski definition) is 5. The third-order valence-electron chi connectivity index (χ3n) is 3.05. The number of ether oxygens (including phenoxy) is 1. The lowest BCUT2D eigenvalue weighted by atomic mass is 10.2. The van der Waals surface area contributed by atoms with E-state index in [4.69, 9.17) is 9.84 Å². The van der Waals surface area contributed by atoms with Crippen molar-refractivity contribution in [2.24, 2.45) is 7.05 Å². The maximum Gasteiger partial charge on any atom is 0.335 e. The van der Waals surface area contributed by atoms with Gasteiger partial charge in [-0.15, -0.1) is 10.2 Å². The largest absolute Gasteiger partial charge is 0.493 e. The standard InChI is InChI=1S/C15H19N3O3S/c1-10(2)13-16-17-15(18(13)3)22-8-7-21-12-6-4-5-11(9-12)14(19)20/h4-6,9-10H,7-8H2,1-3H3,(H,19,20). The van der Waals surface area contributed by atoms with E-state index in [0.29, 0.717) is 24.0 Å². The minimum atomic E-state index is -0.958. The van der Waals surface area contributed by atoms with Crippen molar-refractivity contribution in [1.82, 2.24) is 14.8 Å². The van der Waals surface area contributed by atoms with Crippen LogP contribution in [0.2, 0.25) is 0 Å². The summed E-state index contributed by atoms with van der Waals surface area (Å²) in [4.78, 5) is 10.9. The molecule has 2 rings (SSSR count).